The number of likely N-dealkylation sites (N-methyl/N-ethyl adjacent to an activating group) is 1. The normalized spacial score (nSPS) is 12.2. The first kappa shape index (κ1) is 14.6. The van der Waals surface area contributed by atoms with Gasteiger partial charge in [0.05, 0.1) is 7.11 Å². The van der Waals surface area contributed by atoms with Crippen molar-refractivity contribution < 1.29 is 4.74 Å². The maximum absolute atomic E-state index is 5.29. The Labute approximate surface area is 121 Å². The first-order valence-corrected chi connectivity index (χ1v) is 7.00. The summed E-state index contributed by atoms with van der Waals surface area (Å²) in [6.07, 6.45) is 0.955. The van der Waals surface area contributed by atoms with Gasteiger partial charge < -0.3 is 10.1 Å². The summed E-state index contributed by atoms with van der Waals surface area (Å²) < 4.78 is 5.29. The predicted octanol–water partition coefficient (Wildman–Crippen LogP) is 3.82. The molecule has 2 nitrogen and oxygen atoms in total. The summed E-state index contributed by atoms with van der Waals surface area (Å²) in [4.78, 5) is 0. The van der Waals surface area contributed by atoms with Gasteiger partial charge in [-0.3, -0.25) is 0 Å². The van der Waals surface area contributed by atoms with Crippen LogP contribution in [0.2, 0.25) is 0 Å². The molecule has 0 radical (unpaired) electrons. The Morgan fingerprint density at radius 2 is 1.75 bits per heavy atom. The molecule has 0 aliphatic carbocycles. The lowest BCUT2D eigenvalue weighted by molar-refractivity contribution is 0.414. The van der Waals surface area contributed by atoms with Crippen LogP contribution in [0.4, 0.5) is 0 Å². The van der Waals surface area contributed by atoms with Gasteiger partial charge in [0.25, 0.3) is 0 Å². The third-order valence-electron chi connectivity index (χ3n) is 3.57. The number of ether oxygens (including phenoxy) is 1. The lowest BCUT2D eigenvalue weighted by Gasteiger charge is -2.18. The van der Waals surface area contributed by atoms with Crippen molar-refractivity contribution in [3.63, 3.8) is 0 Å². The van der Waals surface area contributed by atoms with E-state index in [0.29, 0.717) is 6.04 Å². The molecule has 1 unspecified atom stereocenters. The molecule has 0 aromatic heterocycles. The zero-order valence-electron chi connectivity index (χ0n) is 12.7. The van der Waals surface area contributed by atoms with E-state index < -0.39 is 0 Å². The highest BCUT2D eigenvalue weighted by molar-refractivity contribution is 5.34. The molecule has 1 atom stereocenters. The first-order chi connectivity index (χ1) is 9.62. The molecule has 106 valence electrons. The topological polar surface area (TPSA) is 21.3 Å². The highest BCUT2D eigenvalue weighted by atomic mass is 16.5. The van der Waals surface area contributed by atoms with Gasteiger partial charge in [0, 0.05) is 6.04 Å². The fourth-order valence-corrected chi connectivity index (χ4v) is 2.63. The minimum atomic E-state index is 0.320. The standard InChI is InChI=1S/C18H23NO/c1-13-8-14(2)10-16(9-13)18(19-3)12-15-6-5-7-17(11-15)20-4/h5-11,18-19H,12H2,1-4H3. The van der Waals surface area contributed by atoms with E-state index in [4.69, 9.17) is 4.74 Å². The van der Waals surface area contributed by atoms with Crippen LogP contribution >= 0.6 is 0 Å². The third-order valence-corrected chi connectivity index (χ3v) is 3.57. The Balaban J connectivity index is 2.23. The zero-order valence-corrected chi connectivity index (χ0v) is 12.7. The predicted molar refractivity (Wildman–Crippen MR) is 84.4 cm³/mol. The van der Waals surface area contributed by atoms with Crippen LogP contribution in [0.5, 0.6) is 5.75 Å². The monoisotopic (exact) mass is 269 g/mol. The van der Waals surface area contributed by atoms with Crippen LogP contribution in [-0.2, 0) is 6.42 Å². The van der Waals surface area contributed by atoms with Crippen LogP contribution in [0.15, 0.2) is 42.5 Å². The van der Waals surface area contributed by atoms with Crippen LogP contribution in [-0.4, -0.2) is 14.2 Å². The molecule has 2 heteroatoms. The molecule has 20 heavy (non-hydrogen) atoms. The van der Waals surface area contributed by atoms with E-state index in [0.717, 1.165) is 12.2 Å². The van der Waals surface area contributed by atoms with Gasteiger partial charge in [0.2, 0.25) is 0 Å². The maximum atomic E-state index is 5.29. The van der Waals surface area contributed by atoms with Crippen molar-refractivity contribution in [3.8, 4) is 5.75 Å². The molecule has 2 aromatic rings. The van der Waals surface area contributed by atoms with E-state index in [1.54, 1.807) is 7.11 Å². The number of nitrogens with one attached hydrogen (secondary N) is 1. The van der Waals surface area contributed by atoms with E-state index in [1.807, 2.05) is 19.2 Å². The highest BCUT2D eigenvalue weighted by Crippen LogP contribution is 2.22. The minimum Gasteiger partial charge on any atom is -0.497 e. The third kappa shape index (κ3) is 3.61. The molecule has 2 rings (SSSR count). The first-order valence-electron chi connectivity index (χ1n) is 7.00. The summed E-state index contributed by atoms with van der Waals surface area (Å²) in [5, 5.41) is 3.42. The smallest absolute Gasteiger partial charge is 0.119 e. The van der Waals surface area contributed by atoms with Crippen LogP contribution in [0.25, 0.3) is 0 Å². The van der Waals surface area contributed by atoms with Gasteiger partial charge in [-0.1, -0.05) is 41.5 Å². The lowest BCUT2D eigenvalue weighted by Crippen LogP contribution is -2.19. The quantitative estimate of drug-likeness (QED) is 0.891. The van der Waals surface area contributed by atoms with E-state index in [1.165, 1.54) is 22.3 Å². The fraction of sp³-hybridized carbons (Fsp3) is 0.333. The Morgan fingerprint density at radius 3 is 2.35 bits per heavy atom. The number of aryl methyl sites for hydroxylation is 2. The Kier molecular flexibility index (Phi) is 4.80. The number of rotatable bonds is 5. The summed E-state index contributed by atoms with van der Waals surface area (Å²) in [6.45, 7) is 4.30. The SMILES string of the molecule is CNC(Cc1cccc(OC)c1)c1cc(C)cc(C)c1. The molecular weight excluding hydrogens is 246 g/mol. The van der Waals surface area contributed by atoms with Crippen LogP contribution in [0.1, 0.15) is 28.3 Å². The average molecular weight is 269 g/mol. The average Bonchev–Trinajstić information content (AvgIpc) is 2.44. The van der Waals surface area contributed by atoms with E-state index in [-0.39, 0.29) is 0 Å². The molecule has 1 N–H and O–H groups in total. The van der Waals surface area contributed by atoms with Crippen molar-refractivity contribution in [2.75, 3.05) is 14.2 Å². The molecule has 0 bridgehead atoms. The van der Waals surface area contributed by atoms with E-state index in [2.05, 4.69) is 49.5 Å². The molecular formula is C18H23NO. The van der Waals surface area contributed by atoms with Crippen molar-refractivity contribution >= 4 is 0 Å². The van der Waals surface area contributed by atoms with Crippen molar-refractivity contribution in [1.82, 2.24) is 5.32 Å². The molecule has 0 spiro atoms. The van der Waals surface area contributed by atoms with E-state index in [9.17, 15) is 0 Å². The number of methoxy groups -OCH3 is 1. The van der Waals surface area contributed by atoms with E-state index >= 15 is 0 Å². The van der Waals surface area contributed by atoms with Gasteiger partial charge in [-0.2, -0.15) is 0 Å². The maximum Gasteiger partial charge on any atom is 0.119 e. The summed E-state index contributed by atoms with van der Waals surface area (Å²) in [5.74, 6) is 0.915. The van der Waals surface area contributed by atoms with Gasteiger partial charge in [-0.25, -0.2) is 0 Å². The Bertz CT molecular complexity index is 557. The summed E-state index contributed by atoms with van der Waals surface area (Å²) >= 11 is 0. The second-order valence-electron chi connectivity index (χ2n) is 5.32. The molecule has 0 aliphatic rings. The summed E-state index contributed by atoms with van der Waals surface area (Å²) in [6, 6.07) is 15.3. The Hall–Kier alpha value is -1.80. The van der Waals surface area contributed by atoms with Crippen molar-refractivity contribution in [2.45, 2.75) is 26.3 Å². The van der Waals surface area contributed by atoms with Gasteiger partial charge >= 0.3 is 0 Å². The largest absolute Gasteiger partial charge is 0.497 e. The molecule has 0 saturated carbocycles. The molecule has 0 heterocycles. The second-order valence-corrected chi connectivity index (χ2v) is 5.32. The van der Waals surface area contributed by atoms with Crippen LogP contribution in [0, 0.1) is 13.8 Å². The van der Waals surface area contributed by atoms with Crippen LogP contribution < -0.4 is 10.1 Å². The van der Waals surface area contributed by atoms with Gasteiger partial charge in [-0.15, -0.1) is 0 Å². The second kappa shape index (κ2) is 6.58. The molecule has 2 aromatic carbocycles. The lowest BCUT2D eigenvalue weighted by atomic mass is 9.96. The molecule has 0 amide bonds. The van der Waals surface area contributed by atoms with Crippen molar-refractivity contribution in [3.05, 3.63) is 64.7 Å². The van der Waals surface area contributed by atoms with Crippen molar-refractivity contribution in [2.24, 2.45) is 0 Å². The number of benzene rings is 2. The summed E-state index contributed by atoms with van der Waals surface area (Å²) in [5.41, 5.74) is 5.24. The number of hydrogen-bond acceptors (Lipinski definition) is 2. The van der Waals surface area contributed by atoms with Gasteiger partial charge in [0.15, 0.2) is 0 Å². The minimum absolute atomic E-state index is 0.320. The molecule has 0 aliphatic heterocycles. The Morgan fingerprint density at radius 1 is 1.05 bits per heavy atom. The van der Waals surface area contributed by atoms with Gasteiger partial charge in [0.1, 0.15) is 5.75 Å². The molecule has 0 fully saturated rings. The zero-order chi connectivity index (χ0) is 14.5. The summed E-state index contributed by atoms with van der Waals surface area (Å²) in [7, 11) is 3.72. The fourth-order valence-electron chi connectivity index (χ4n) is 2.63. The highest BCUT2D eigenvalue weighted by Gasteiger charge is 2.11. The van der Waals surface area contributed by atoms with Crippen LogP contribution in [0.3, 0.4) is 0 Å². The van der Waals surface area contributed by atoms with Crippen molar-refractivity contribution in [1.29, 1.82) is 0 Å². The number of hydrogen-bond donors (Lipinski definition) is 1. The van der Waals surface area contributed by atoms with Gasteiger partial charge in [-0.05, 0) is 50.6 Å². The molecule has 0 saturated heterocycles.